The normalized spacial score (nSPS) is 11.4. The number of carbonyl (C=O) groups excluding carboxylic acids is 1. The molecule has 0 fully saturated rings. The Morgan fingerprint density at radius 3 is 2.65 bits per heavy atom. The van der Waals surface area contributed by atoms with Crippen LogP contribution in [-0.4, -0.2) is 30.3 Å². The second kappa shape index (κ2) is 7.75. The van der Waals surface area contributed by atoms with Crippen LogP contribution in [0.25, 0.3) is 0 Å². The number of halogens is 1. The van der Waals surface area contributed by atoms with Gasteiger partial charge in [-0.3, -0.25) is 10.1 Å². The molecule has 1 amide bonds. The fourth-order valence-corrected chi connectivity index (χ4v) is 4.04. The highest BCUT2D eigenvalue weighted by atomic mass is 32.2. The zero-order valence-corrected chi connectivity index (χ0v) is 15.0. The minimum absolute atomic E-state index is 0.0391. The van der Waals surface area contributed by atoms with E-state index in [1.165, 1.54) is 0 Å². The van der Waals surface area contributed by atoms with Crippen molar-refractivity contribution in [2.75, 3.05) is 11.1 Å². The number of hydrogen-bond donors (Lipinski definition) is 1. The van der Waals surface area contributed by atoms with Crippen LogP contribution in [-0.2, 0) is 21.1 Å². The van der Waals surface area contributed by atoms with Gasteiger partial charge in [-0.2, -0.15) is 0 Å². The molecule has 2 aromatic heterocycles. The average molecular weight is 395 g/mol. The predicted molar refractivity (Wildman–Crippen MR) is 93.1 cm³/mol. The summed E-state index contributed by atoms with van der Waals surface area (Å²) in [7, 11) is -3.69. The van der Waals surface area contributed by atoms with Crippen LogP contribution >= 0.6 is 11.3 Å². The van der Waals surface area contributed by atoms with Crippen LogP contribution in [0.1, 0.15) is 17.2 Å². The highest BCUT2D eigenvalue weighted by Gasteiger charge is 2.18. The molecule has 0 bridgehead atoms. The molecule has 0 radical (unpaired) electrons. The van der Waals surface area contributed by atoms with Crippen LogP contribution in [0, 0.1) is 5.82 Å². The van der Waals surface area contributed by atoms with Crippen LogP contribution in [0.2, 0.25) is 0 Å². The third kappa shape index (κ3) is 4.73. The molecule has 0 aliphatic heterocycles. The van der Waals surface area contributed by atoms with Crippen LogP contribution in [0.5, 0.6) is 0 Å². The van der Waals surface area contributed by atoms with E-state index in [0.29, 0.717) is 12.3 Å². The molecule has 0 atom stereocenters. The number of anilines is 1. The van der Waals surface area contributed by atoms with Crippen molar-refractivity contribution in [3.05, 3.63) is 58.4 Å². The number of amides is 1. The molecule has 1 N–H and O–H groups in total. The summed E-state index contributed by atoms with van der Waals surface area (Å²) >= 11 is 1.55. The molecular weight excluding hydrogens is 381 g/mol. The first-order chi connectivity index (χ1) is 12.4. The Balaban J connectivity index is 1.54. The molecule has 3 aromatic rings. The van der Waals surface area contributed by atoms with E-state index >= 15 is 0 Å². The minimum Gasteiger partial charge on any atom is -0.407 e. The first-order valence-electron chi connectivity index (χ1n) is 7.55. The summed E-state index contributed by atoms with van der Waals surface area (Å²) in [5, 5.41) is 11.8. The molecule has 136 valence electrons. The summed E-state index contributed by atoms with van der Waals surface area (Å²) in [6.45, 7) is 0. The van der Waals surface area contributed by atoms with E-state index in [1.54, 1.807) is 11.3 Å². The van der Waals surface area contributed by atoms with Gasteiger partial charge in [0.05, 0.1) is 17.1 Å². The van der Waals surface area contributed by atoms with Crippen LogP contribution in [0.4, 0.5) is 10.4 Å². The standard InChI is InChI=1S/C16H14FN3O4S2/c17-11-3-5-13(6-4-11)26(22,23)9-7-14(21)18-16-20-19-15(24-16)10-12-2-1-8-25-12/h1-6,8H,7,9-10H2,(H,18,20,21). The lowest BCUT2D eigenvalue weighted by atomic mass is 10.3. The van der Waals surface area contributed by atoms with E-state index in [2.05, 4.69) is 15.5 Å². The Kier molecular flexibility index (Phi) is 5.43. The van der Waals surface area contributed by atoms with E-state index in [-0.39, 0.29) is 17.3 Å². The van der Waals surface area contributed by atoms with Crippen molar-refractivity contribution in [1.82, 2.24) is 10.2 Å². The van der Waals surface area contributed by atoms with Crippen molar-refractivity contribution in [1.29, 1.82) is 0 Å². The monoisotopic (exact) mass is 395 g/mol. The largest absolute Gasteiger partial charge is 0.407 e. The number of benzene rings is 1. The summed E-state index contributed by atoms with van der Waals surface area (Å²) in [4.78, 5) is 12.9. The van der Waals surface area contributed by atoms with Crippen LogP contribution in [0.15, 0.2) is 51.1 Å². The molecule has 0 aliphatic carbocycles. The van der Waals surface area contributed by atoms with Crippen molar-refractivity contribution >= 4 is 33.1 Å². The first kappa shape index (κ1) is 18.2. The summed E-state index contributed by atoms with van der Waals surface area (Å²) in [5.74, 6) is -1.17. The lowest BCUT2D eigenvalue weighted by Gasteiger charge is -2.04. The van der Waals surface area contributed by atoms with Gasteiger partial charge in [0.25, 0.3) is 0 Å². The zero-order valence-electron chi connectivity index (χ0n) is 13.4. The quantitative estimate of drug-likeness (QED) is 0.617. The Morgan fingerprint density at radius 1 is 1.19 bits per heavy atom. The fourth-order valence-electron chi connectivity index (χ4n) is 2.11. The van der Waals surface area contributed by atoms with Gasteiger partial charge in [-0.15, -0.1) is 16.4 Å². The summed E-state index contributed by atoms with van der Waals surface area (Å²) in [6, 6.07) is 8.19. The van der Waals surface area contributed by atoms with Gasteiger partial charge in [0, 0.05) is 11.3 Å². The summed E-state index contributed by atoms with van der Waals surface area (Å²) in [6.07, 6.45) is 0.168. The number of rotatable bonds is 7. The number of sulfone groups is 1. The second-order valence-corrected chi connectivity index (χ2v) is 8.47. The van der Waals surface area contributed by atoms with Gasteiger partial charge in [0.1, 0.15) is 5.82 Å². The maximum atomic E-state index is 12.9. The molecule has 26 heavy (non-hydrogen) atoms. The van der Waals surface area contributed by atoms with Crippen molar-refractivity contribution in [3.8, 4) is 0 Å². The number of carbonyl (C=O) groups is 1. The smallest absolute Gasteiger partial charge is 0.322 e. The Bertz CT molecular complexity index is 983. The molecule has 0 spiro atoms. The minimum atomic E-state index is -3.69. The molecule has 2 heterocycles. The molecule has 10 heteroatoms. The van der Waals surface area contributed by atoms with E-state index in [4.69, 9.17) is 4.42 Å². The van der Waals surface area contributed by atoms with E-state index in [0.717, 1.165) is 29.1 Å². The van der Waals surface area contributed by atoms with Gasteiger partial charge >= 0.3 is 6.01 Å². The van der Waals surface area contributed by atoms with Gasteiger partial charge < -0.3 is 4.42 Å². The molecule has 1 aromatic carbocycles. The Labute approximate surface area is 152 Å². The maximum Gasteiger partial charge on any atom is 0.322 e. The molecule has 0 unspecified atom stereocenters. The average Bonchev–Trinajstić information content (AvgIpc) is 3.26. The predicted octanol–water partition coefficient (Wildman–Crippen LogP) is 2.66. The lowest BCUT2D eigenvalue weighted by Crippen LogP contribution is -2.17. The highest BCUT2D eigenvalue weighted by Crippen LogP contribution is 2.16. The third-order valence-corrected chi connectivity index (χ3v) is 6.00. The van der Waals surface area contributed by atoms with E-state index < -0.39 is 27.3 Å². The SMILES string of the molecule is O=C(CCS(=O)(=O)c1ccc(F)cc1)Nc1nnc(Cc2cccs2)o1. The van der Waals surface area contributed by atoms with Crippen molar-refractivity contribution in [2.24, 2.45) is 0 Å². The fraction of sp³-hybridized carbons (Fsp3) is 0.188. The number of nitrogens with zero attached hydrogens (tertiary/aromatic N) is 2. The third-order valence-electron chi connectivity index (χ3n) is 3.39. The lowest BCUT2D eigenvalue weighted by molar-refractivity contribution is -0.116. The van der Waals surface area contributed by atoms with Crippen LogP contribution < -0.4 is 5.32 Å². The molecule has 0 saturated heterocycles. The van der Waals surface area contributed by atoms with E-state index in [9.17, 15) is 17.6 Å². The van der Waals surface area contributed by atoms with Crippen molar-refractivity contribution in [3.63, 3.8) is 0 Å². The maximum absolute atomic E-state index is 12.9. The number of hydrogen-bond acceptors (Lipinski definition) is 7. The molecule has 0 aliphatic rings. The number of aromatic nitrogens is 2. The molecular formula is C16H14FN3O4S2. The number of thiophene rings is 1. The molecule has 7 nitrogen and oxygen atoms in total. The van der Waals surface area contributed by atoms with Gasteiger partial charge in [-0.25, -0.2) is 12.8 Å². The summed E-state index contributed by atoms with van der Waals surface area (Å²) < 4.78 is 42.4. The molecule has 0 saturated carbocycles. The summed E-state index contributed by atoms with van der Waals surface area (Å²) in [5.41, 5.74) is 0. The Morgan fingerprint density at radius 2 is 1.96 bits per heavy atom. The van der Waals surface area contributed by atoms with E-state index in [1.807, 2.05) is 17.5 Å². The van der Waals surface area contributed by atoms with Crippen molar-refractivity contribution in [2.45, 2.75) is 17.7 Å². The van der Waals surface area contributed by atoms with Crippen LogP contribution in [0.3, 0.4) is 0 Å². The highest BCUT2D eigenvalue weighted by molar-refractivity contribution is 7.91. The topological polar surface area (TPSA) is 102 Å². The van der Waals surface area contributed by atoms with Gasteiger partial charge in [-0.1, -0.05) is 11.2 Å². The zero-order chi connectivity index (χ0) is 18.6. The molecule has 3 rings (SSSR count). The van der Waals surface area contributed by atoms with Gasteiger partial charge in [0.15, 0.2) is 9.84 Å². The number of nitrogens with one attached hydrogen (secondary N) is 1. The second-order valence-electron chi connectivity index (χ2n) is 5.33. The van der Waals surface area contributed by atoms with Crippen molar-refractivity contribution < 1.29 is 22.0 Å². The van der Waals surface area contributed by atoms with Gasteiger partial charge in [0.2, 0.25) is 11.8 Å². The van der Waals surface area contributed by atoms with Gasteiger partial charge in [-0.05, 0) is 35.7 Å². The first-order valence-corrected chi connectivity index (χ1v) is 10.1. The Hall–Kier alpha value is -2.59.